The third kappa shape index (κ3) is 0.682. The number of hydrogen-bond acceptors (Lipinski definition) is 1. The molecule has 7 heavy (non-hydrogen) atoms. The van der Waals surface area contributed by atoms with Crippen LogP contribution < -0.4 is 10.8 Å². The molecule has 1 aromatic rings. The van der Waals surface area contributed by atoms with E-state index in [9.17, 15) is 0 Å². The number of aromatic nitrogens is 2. The maximum Gasteiger partial charge on any atom is 0.123 e. The van der Waals surface area contributed by atoms with E-state index in [1.165, 1.54) is 0 Å². The summed E-state index contributed by atoms with van der Waals surface area (Å²) in [4.78, 5) is 6.59. The second-order valence-electron chi connectivity index (χ2n) is 1.36. The highest BCUT2D eigenvalue weighted by Gasteiger charge is 1.71. The molecule has 1 aromatic heterocycles. The van der Waals surface area contributed by atoms with Crippen molar-refractivity contribution in [2.24, 2.45) is 0 Å². The van der Waals surface area contributed by atoms with Crippen molar-refractivity contribution in [3.05, 3.63) is 17.0 Å². The monoisotopic (exact) mass is 94.1 g/mol. The number of hydrogen-bond donors (Lipinski definition) is 1. The Kier molecular flexibility index (Phi) is 0.719. The molecule has 2 nitrogen and oxygen atoms in total. The molecule has 0 aliphatic rings. The molecular formula is C5H6N2. The molecule has 0 aliphatic heterocycles. The van der Waals surface area contributed by atoms with Gasteiger partial charge in [-0.05, 0) is 0 Å². The molecule has 36 valence electrons. The second-order valence-corrected chi connectivity index (χ2v) is 1.36. The first-order valence-electron chi connectivity index (χ1n) is 1.98. The summed E-state index contributed by atoms with van der Waals surface area (Å²) >= 11 is 0. The van der Waals surface area contributed by atoms with Gasteiger partial charge in [-0.25, -0.2) is 4.98 Å². The summed E-state index contributed by atoms with van der Waals surface area (Å²) in [6.07, 6.45) is 1.64. The Labute approximate surface area is 41.2 Å². The van der Waals surface area contributed by atoms with E-state index in [0.29, 0.717) is 5.48 Å². The van der Waals surface area contributed by atoms with Crippen molar-refractivity contribution in [3.63, 3.8) is 0 Å². The summed E-state index contributed by atoms with van der Waals surface area (Å²) < 4.78 is 0. The van der Waals surface area contributed by atoms with E-state index in [-0.39, 0.29) is 0 Å². The lowest BCUT2D eigenvalue weighted by Gasteiger charge is -1.59. The van der Waals surface area contributed by atoms with E-state index < -0.39 is 0 Å². The van der Waals surface area contributed by atoms with E-state index in [1.54, 1.807) is 6.20 Å². The van der Waals surface area contributed by atoms with E-state index in [2.05, 4.69) is 23.1 Å². The molecule has 0 bridgehead atoms. The van der Waals surface area contributed by atoms with Gasteiger partial charge in [-0.3, -0.25) is 0 Å². The molecular weight excluding hydrogens is 88.1 g/mol. The van der Waals surface area contributed by atoms with Gasteiger partial charge < -0.3 is 4.98 Å². The molecule has 1 heterocycles. The van der Waals surface area contributed by atoms with Crippen LogP contribution in [-0.2, 0) is 0 Å². The summed E-state index contributed by atoms with van der Waals surface area (Å²) in [5.41, 5.74) is 0.671. The SMILES string of the molecule is C=c1cnc(=C)[nH]1. The Morgan fingerprint density at radius 2 is 2.29 bits per heavy atom. The van der Waals surface area contributed by atoms with Gasteiger partial charge >= 0.3 is 0 Å². The normalized spacial score (nSPS) is 9.14. The number of nitrogens with zero attached hydrogens (tertiary/aromatic N) is 1. The Bertz CT molecular complexity index is 210. The summed E-state index contributed by atoms with van der Waals surface area (Å²) in [5, 5.41) is 0.810. The highest BCUT2D eigenvalue weighted by molar-refractivity contribution is 4.95. The van der Waals surface area contributed by atoms with E-state index in [4.69, 9.17) is 0 Å². The summed E-state index contributed by atoms with van der Waals surface area (Å²) in [5.74, 6) is 0. The van der Waals surface area contributed by atoms with Crippen molar-refractivity contribution in [2.75, 3.05) is 0 Å². The lowest BCUT2D eigenvalue weighted by molar-refractivity contribution is 1.20. The first kappa shape index (κ1) is 4.12. The number of imidazole rings is 1. The number of aromatic amines is 1. The quantitative estimate of drug-likeness (QED) is 0.449. The lowest BCUT2D eigenvalue weighted by atomic mass is 10.8. The van der Waals surface area contributed by atoms with E-state index >= 15 is 0 Å². The summed E-state index contributed by atoms with van der Waals surface area (Å²) in [7, 11) is 0. The Morgan fingerprint density at radius 1 is 1.57 bits per heavy atom. The first-order chi connectivity index (χ1) is 3.29. The van der Waals surface area contributed by atoms with Crippen LogP contribution in [0.5, 0.6) is 0 Å². The first-order valence-corrected chi connectivity index (χ1v) is 1.98. The van der Waals surface area contributed by atoms with Gasteiger partial charge in [-0.1, -0.05) is 13.2 Å². The molecule has 1 rings (SSSR count). The van der Waals surface area contributed by atoms with Crippen LogP contribution in [0, 0.1) is 0 Å². The highest BCUT2D eigenvalue weighted by Crippen LogP contribution is 1.42. The van der Waals surface area contributed by atoms with Gasteiger partial charge in [0.1, 0.15) is 5.48 Å². The van der Waals surface area contributed by atoms with Crippen molar-refractivity contribution in [1.82, 2.24) is 9.97 Å². The molecule has 0 radical (unpaired) electrons. The molecule has 0 aromatic carbocycles. The predicted octanol–water partition coefficient (Wildman–Crippen LogP) is -0.770. The van der Waals surface area contributed by atoms with Gasteiger partial charge in [-0.15, -0.1) is 0 Å². The Morgan fingerprint density at radius 3 is 2.43 bits per heavy atom. The zero-order valence-corrected chi connectivity index (χ0v) is 3.94. The minimum absolute atomic E-state index is 0.671. The largest absolute Gasteiger partial charge is 0.340 e. The van der Waals surface area contributed by atoms with E-state index in [1.807, 2.05) is 0 Å². The molecule has 0 atom stereocenters. The van der Waals surface area contributed by atoms with Crippen LogP contribution in [0.1, 0.15) is 0 Å². The molecule has 1 N–H and O–H groups in total. The molecule has 0 amide bonds. The number of rotatable bonds is 0. The predicted molar refractivity (Wildman–Crippen MR) is 28.9 cm³/mol. The fraction of sp³-hybridized carbons (Fsp3) is 0. The van der Waals surface area contributed by atoms with Crippen molar-refractivity contribution in [3.8, 4) is 0 Å². The molecule has 0 fully saturated rings. The van der Waals surface area contributed by atoms with Crippen LogP contribution in [0.25, 0.3) is 13.2 Å². The van der Waals surface area contributed by atoms with Gasteiger partial charge in [0.15, 0.2) is 0 Å². The molecule has 2 heteroatoms. The average molecular weight is 94.1 g/mol. The third-order valence-electron chi connectivity index (χ3n) is 0.681. The van der Waals surface area contributed by atoms with Gasteiger partial charge in [0.2, 0.25) is 0 Å². The van der Waals surface area contributed by atoms with Crippen LogP contribution in [0.2, 0.25) is 0 Å². The maximum absolute atomic E-state index is 3.79. The van der Waals surface area contributed by atoms with Crippen molar-refractivity contribution >= 4 is 13.2 Å². The number of nitrogens with one attached hydrogen (secondary N) is 1. The van der Waals surface area contributed by atoms with Crippen LogP contribution in [-0.4, -0.2) is 9.97 Å². The summed E-state index contributed by atoms with van der Waals surface area (Å²) in [6, 6.07) is 0. The van der Waals surface area contributed by atoms with Gasteiger partial charge in [0.05, 0.1) is 11.5 Å². The summed E-state index contributed by atoms with van der Waals surface area (Å²) in [6.45, 7) is 7.12. The smallest absolute Gasteiger partial charge is 0.123 e. The van der Waals surface area contributed by atoms with Crippen molar-refractivity contribution in [2.45, 2.75) is 0 Å². The standard InChI is InChI=1S/C5H6N2/c1-4-3-6-5(2)7-4/h3,7H,1-2H2. The van der Waals surface area contributed by atoms with Crippen molar-refractivity contribution in [1.29, 1.82) is 0 Å². The van der Waals surface area contributed by atoms with E-state index in [0.717, 1.165) is 5.35 Å². The minimum atomic E-state index is 0.671. The zero-order chi connectivity index (χ0) is 5.28. The Hall–Kier alpha value is -1.05. The van der Waals surface area contributed by atoms with Crippen LogP contribution in [0.3, 0.4) is 0 Å². The van der Waals surface area contributed by atoms with Gasteiger partial charge in [0, 0.05) is 0 Å². The lowest BCUT2D eigenvalue weighted by Crippen LogP contribution is -2.05. The molecule has 0 unspecified atom stereocenters. The number of H-pyrrole nitrogens is 1. The minimum Gasteiger partial charge on any atom is -0.340 e. The van der Waals surface area contributed by atoms with Crippen LogP contribution in [0.15, 0.2) is 6.20 Å². The second kappa shape index (κ2) is 1.22. The Balaban J connectivity index is 3.59. The van der Waals surface area contributed by atoms with Crippen molar-refractivity contribution < 1.29 is 0 Å². The topological polar surface area (TPSA) is 28.7 Å². The van der Waals surface area contributed by atoms with Crippen LogP contribution in [0.4, 0.5) is 0 Å². The fourth-order valence-corrected chi connectivity index (χ4v) is 0.406. The van der Waals surface area contributed by atoms with Gasteiger partial charge in [-0.2, -0.15) is 0 Å². The maximum atomic E-state index is 3.79. The van der Waals surface area contributed by atoms with Gasteiger partial charge in [0.25, 0.3) is 0 Å². The molecule has 0 aliphatic carbocycles. The molecule has 0 saturated heterocycles. The average Bonchev–Trinajstić information content (AvgIpc) is 1.87. The zero-order valence-electron chi connectivity index (χ0n) is 3.94. The highest BCUT2D eigenvalue weighted by atomic mass is 14.9. The fourth-order valence-electron chi connectivity index (χ4n) is 0.406. The molecule has 0 spiro atoms. The van der Waals surface area contributed by atoms with Crippen LogP contribution >= 0.6 is 0 Å². The third-order valence-corrected chi connectivity index (χ3v) is 0.681. The molecule has 0 saturated carbocycles.